The summed E-state index contributed by atoms with van der Waals surface area (Å²) in [7, 11) is -4.80. The lowest BCUT2D eigenvalue weighted by atomic mass is 9.88. The van der Waals surface area contributed by atoms with E-state index in [1.165, 1.54) is 16.2 Å². The van der Waals surface area contributed by atoms with Crippen LogP contribution in [0.25, 0.3) is 0 Å². The Morgan fingerprint density at radius 2 is 1.64 bits per heavy atom. The smallest absolute Gasteiger partial charge is 0.415 e. The second-order valence-corrected chi connectivity index (χ2v) is 13.5. The average molecular weight is 659 g/mol. The highest BCUT2D eigenvalue weighted by molar-refractivity contribution is 7.89. The summed E-state index contributed by atoms with van der Waals surface area (Å²) >= 11 is 1.21. The van der Waals surface area contributed by atoms with E-state index in [0.29, 0.717) is 10.6 Å². The quantitative estimate of drug-likeness (QED) is 0.189. The van der Waals surface area contributed by atoms with Crippen molar-refractivity contribution in [2.75, 3.05) is 18.0 Å². The molecule has 3 aromatic carbocycles. The predicted molar refractivity (Wildman–Crippen MR) is 162 cm³/mol. The third-order valence-electron chi connectivity index (χ3n) is 7.48. The fraction of sp³-hybridized carbons (Fsp3) is 0.250. The lowest BCUT2D eigenvalue weighted by molar-refractivity contribution is -0.127. The molecule has 1 saturated heterocycles. The number of carbonyl (C=O) groups is 2. The van der Waals surface area contributed by atoms with Gasteiger partial charge in [-0.15, -0.1) is 11.3 Å². The first-order valence-electron chi connectivity index (χ1n) is 14.0. The molecule has 0 unspecified atom stereocenters. The zero-order chi connectivity index (χ0) is 32.1. The third kappa shape index (κ3) is 7.61. The number of rotatable bonds is 13. The van der Waals surface area contributed by atoms with Gasteiger partial charge in [0.1, 0.15) is 10.7 Å². The van der Waals surface area contributed by atoms with Crippen LogP contribution in [-0.2, 0) is 32.5 Å². The largest absolute Gasteiger partial charge is 0.436 e. The molecule has 13 heteroatoms. The van der Waals surface area contributed by atoms with Crippen LogP contribution in [0.5, 0.6) is 0 Å². The summed E-state index contributed by atoms with van der Waals surface area (Å²) in [6, 6.07) is 21.3. The highest BCUT2D eigenvalue weighted by Crippen LogP contribution is 2.29. The number of nitrogens with zero attached hydrogens (tertiary/aromatic N) is 2. The molecule has 1 aliphatic heterocycles. The van der Waals surface area contributed by atoms with E-state index in [1.807, 2.05) is 0 Å². The summed E-state index contributed by atoms with van der Waals surface area (Å²) in [6.07, 6.45) is -3.40. The lowest BCUT2D eigenvalue weighted by Crippen LogP contribution is -2.42. The van der Waals surface area contributed by atoms with Gasteiger partial charge in [0.15, 0.2) is 23.5 Å². The average Bonchev–Trinajstić information content (AvgIpc) is 3.69. The number of hydrogen-bond donors (Lipinski definition) is 1. The molecule has 1 aromatic heterocycles. The van der Waals surface area contributed by atoms with Crippen LogP contribution >= 0.6 is 11.3 Å². The summed E-state index contributed by atoms with van der Waals surface area (Å²) in [5, 5.41) is 13.2. The molecule has 1 fully saturated rings. The number of cyclic esters (lactones) is 1. The molecule has 1 aliphatic rings. The second-order valence-electron chi connectivity index (χ2n) is 10.6. The summed E-state index contributed by atoms with van der Waals surface area (Å²) in [5.74, 6) is -5.91. The van der Waals surface area contributed by atoms with Gasteiger partial charge < -0.3 is 9.84 Å². The first kappa shape index (κ1) is 32.4. The molecule has 4 aromatic rings. The molecule has 45 heavy (non-hydrogen) atoms. The molecule has 2 heterocycles. The van der Waals surface area contributed by atoms with E-state index in [1.54, 1.807) is 78.2 Å². The number of halogens is 3. The maximum absolute atomic E-state index is 14.7. The van der Waals surface area contributed by atoms with Crippen molar-refractivity contribution in [3.8, 4) is 0 Å². The van der Waals surface area contributed by atoms with Gasteiger partial charge in [0.2, 0.25) is 10.0 Å². The van der Waals surface area contributed by atoms with Crippen LogP contribution in [0.2, 0.25) is 0 Å². The van der Waals surface area contributed by atoms with Gasteiger partial charge in [-0.05, 0) is 47.5 Å². The standard InChI is InChI=1S/C32H29F3N2O6S2/c33-25-16-27(35)31(17-26(25)34)45(41,42)36(18-24-12-7-13-44-24)19-29(39)22(14-21-8-3-1-4-9-21)15-28(38)30-20-37(32(40)43-30)23-10-5-2-6-11-23/h1-13,16-17,22,29-30,39H,14-15,18-20H2/t22-,29-,30+/m1/s1. The van der Waals surface area contributed by atoms with Crippen molar-refractivity contribution in [3.63, 3.8) is 0 Å². The molecule has 0 bridgehead atoms. The number of thiophene rings is 1. The minimum absolute atomic E-state index is 0.0376. The Morgan fingerprint density at radius 3 is 2.31 bits per heavy atom. The van der Waals surface area contributed by atoms with Crippen molar-refractivity contribution in [1.29, 1.82) is 0 Å². The fourth-order valence-corrected chi connectivity index (χ4v) is 7.42. The number of aliphatic hydroxyl groups is 1. The molecular formula is C32H29F3N2O6S2. The van der Waals surface area contributed by atoms with E-state index in [-0.39, 0.29) is 38.1 Å². The number of sulfonamides is 1. The van der Waals surface area contributed by atoms with Crippen molar-refractivity contribution in [1.82, 2.24) is 4.31 Å². The van der Waals surface area contributed by atoms with Crippen LogP contribution < -0.4 is 4.90 Å². The van der Waals surface area contributed by atoms with E-state index in [4.69, 9.17) is 4.74 Å². The zero-order valence-corrected chi connectivity index (χ0v) is 25.4. The van der Waals surface area contributed by atoms with Crippen LogP contribution in [0.3, 0.4) is 0 Å². The number of para-hydroxylation sites is 1. The molecule has 236 valence electrons. The van der Waals surface area contributed by atoms with Gasteiger partial charge in [0.25, 0.3) is 0 Å². The van der Waals surface area contributed by atoms with Crippen LogP contribution in [0.4, 0.5) is 23.7 Å². The van der Waals surface area contributed by atoms with Crippen molar-refractivity contribution in [2.24, 2.45) is 5.92 Å². The molecule has 1 amide bonds. The van der Waals surface area contributed by atoms with E-state index >= 15 is 0 Å². The first-order chi connectivity index (χ1) is 21.5. The maximum atomic E-state index is 14.7. The Bertz CT molecular complexity index is 1740. The molecule has 5 rings (SSSR count). The van der Waals surface area contributed by atoms with Gasteiger partial charge in [-0.3, -0.25) is 9.69 Å². The third-order valence-corrected chi connectivity index (χ3v) is 10.2. The summed E-state index contributed by atoms with van der Waals surface area (Å²) in [5.41, 5.74) is 1.31. The van der Waals surface area contributed by atoms with Crippen molar-refractivity contribution < 1.29 is 41.0 Å². The van der Waals surface area contributed by atoms with E-state index in [2.05, 4.69) is 0 Å². The SMILES string of the molecule is O=C(C[C@@H](Cc1ccccc1)[C@H](O)CN(Cc1cccs1)S(=O)(=O)c1cc(F)c(F)cc1F)[C@@H]1CN(c2ccccc2)C(=O)O1. The Labute approximate surface area is 262 Å². The number of anilines is 1. The highest BCUT2D eigenvalue weighted by Gasteiger charge is 2.39. The number of hydrogen-bond acceptors (Lipinski definition) is 7. The highest BCUT2D eigenvalue weighted by atomic mass is 32.2. The van der Waals surface area contributed by atoms with E-state index in [0.717, 1.165) is 9.87 Å². The Hall–Kier alpha value is -4.04. The minimum atomic E-state index is -4.80. The molecule has 0 radical (unpaired) electrons. The number of ketones is 1. The van der Waals surface area contributed by atoms with Gasteiger partial charge in [-0.2, -0.15) is 4.31 Å². The molecule has 0 saturated carbocycles. The maximum Gasteiger partial charge on any atom is 0.415 e. The summed E-state index contributed by atoms with van der Waals surface area (Å²) in [6.45, 7) is -0.929. The number of amides is 1. The first-order valence-corrected chi connectivity index (χ1v) is 16.3. The number of benzene rings is 3. The van der Waals surface area contributed by atoms with Crippen molar-refractivity contribution in [3.05, 3.63) is 118 Å². The molecular weight excluding hydrogens is 629 g/mol. The molecule has 3 atom stereocenters. The number of Topliss-reactive ketones (excluding diaryl/α,β-unsaturated/α-hetero) is 1. The zero-order valence-electron chi connectivity index (χ0n) is 23.8. The van der Waals surface area contributed by atoms with E-state index in [9.17, 15) is 36.3 Å². The van der Waals surface area contributed by atoms with Crippen molar-refractivity contribution >= 4 is 38.9 Å². The van der Waals surface area contributed by atoms with Gasteiger partial charge in [0.05, 0.1) is 12.6 Å². The Kier molecular flexibility index (Phi) is 10.0. The molecule has 0 spiro atoms. The number of carbonyl (C=O) groups excluding carboxylic acids is 2. The van der Waals surface area contributed by atoms with Gasteiger partial charge in [-0.1, -0.05) is 54.6 Å². The molecule has 1 N–H and O–H groups in total. The normalized spacial score (nSPS) is 16.5. The monoisotopic (exact) mass is 658 g/mol. The van der Waals surface area contributed by atoms with Crippen LogP contribution in [0, 0.1) is 23.4 Å². The predicted octanol–water partition coefficient (Wildman–Crippen LogP) is 5.56. The number of ether oxygens (including phenoxy) is 1. The fourth-order valence-electron chi connectivity index (χ4n) is 5.12. The number of aliphatic hydroxyl groups excluding tert-OH is 1. The Morgan fingerprint density at radius 1 is 0.978 bits per heavy atom. The second kappa shape index (κ2) is 13.9. The Balaban J connectivity index is 1.41. The minimum Gasteiger partial charge on any atom is -0.436 e. The van der Waals surface area contributed by atoms with Crippen LogP contribution in [0.15, 0.2) is 95.2 Å². The summed E-state index contributed by atoms with van der Waals surface area (Å²) < 4.78 is 75.9. The summed E-state index contributed by atoms with van der Waals surface area (Å²) in [4.78, 5) is 26.8. The lowest BCUT2D eigenvalue weighted by Gasteiger charge is -2.29. The molecule has 8 nitrogen and oxygen atoms in total. The van der Waals surface area contributed by atoms with Crippen LogP contribution in [0.1, 0.15) is 16.9 Å². The van der Waals surface area contributed by atoms with Gasteiger partial charge >= 0.3 is 6.09 Å². The van der Waals surface area contributed by atoms with Gasteiger partial charge in [0, 0.05) is 36.1 Å². The topological polar surface area (TPSA) is 104 Å². The van der Waals surface area contributed by atoms with Crippen molar-refractivity contribution in [2.45, 2.75) is 36.5 Å². The van der Waals surface area contributed by atoms with Crippen LogP contribution in [-0.4, -0.2) is 55.0 Å². The van der Waals surface area contributed by atoms with E-state index < -0.39 is 68.9 Å². The van der Waals surface area contributed by atoms with Gasteiger partial charge in [-0.25, -0.2) is 26.4 Å². The molecule has 0 aliphatic carbocycles.